The fourth-order valence-corrected chi connectivity index (χ4v) is 3.21. The minimum absolute atomic E-state index is 0.177. The summed E-state index contributed by atoms with van der Waals surface area (Å²) in [7, 11) is 0. The van der Waals surface area contributed by atoms with Crippen molar-refractivity contribution >= 4 is 23.1 Å². The first-order chi connectivity index (χ1) is 11.3. The monoisotopic (exact) mass is 356 g/mol. The standard InChI is InChI=1S/C15H15F3N4OS/c1-10-19-13(24-20-10)14(23)22-7-5-21(6-8-22)12-4-2-3-11(9-12)15(16,17)18/h2-4,9H,5-8H2,1H3. The predicted octanol–water partition coefficient (Wildman–Crippen LogP) is 2.83. The summed E-state index contributed by atoms with van der Waals surface area (Å²) >= 11 is 1.06. The zero-order chi connectivity index (χ0) is 17.3. The maximum atomic E-state index is 12.8. The lowest BCUT2D eigenvalue weighted by Crippen LogP contribution is -2.48. The number of carbonyl (C=O) groups is 1. The molecule has 1 amide bonds. The van der Waals surface area contributed by atoms with Crippen molar-refractivity contribution in [1.29, 1.82) is 0 Å². The van der Waals surface area contributed by atoms with Crippen LogP contribution in [0.5, 0.6) is 0 Å². The van der Waals surface area contributed by atoms with Gasteiger partial charge >= 0.3 is 6.18 Å². The topological polar surface area (TPSA) is 49.3 Å². The lowest BCUT2D eigenvalue weighted by atomic mass is 10.1. The van der Waals surface area contributed by atoms with E-state index in [1.807, 2.05) is 4.90 Å². The number of anilines is 1. The molecule has 0 atom stereocenters. The van der Waals surface area contributed by atoms with Crippen molar-refractivity contribution in [3.63, 3.8) is 0 Å². The molecule has 1 aliphatic rings. The molecular formula is C15H15F3N4OS. The van der Waals surface area contributed by atoms with E-state index in [4.69, 9.17) is 0 Å². The van der Waals surface area contributed by atoms with E-state index in [9.17, 15) is 18.0 Å². The molecule has 0 N–H and O–H groups in total. The van der Waals surface area contributed by atoms with Crippen molar-refractivity contribution in [3.05, 3.63) is 40.7 Å². The molecule has 0 saturated carbocycles. The summed E-state index contributed by atoms with van der Waals surface area (Å²) in [5, 5.41) is 0.347. The highest BCUT2D eigenvalue weighted by atomic mass is 32.1. The number of alkyl halides is 3. The van der Waals surface area contributed by atoms with Crippen molar-refractivity contribution in [1.82, 2.24) is 14.3 Å². The van der Waals surface area contributed by atoms with Gasteiger partial charge in [-0.3, -0.25) is 4.79 Å². The molecule has 1 aliphatic heterocycles. The summed E-state index contributed by atoms with van der Waals surface area (Å²) in [6.07, 6.45) is -4.36. The molecular weight excluding hydrogens is 341 g/mol. The van der Waals surface area contributed by atoms with Crippen LogP contribution in [0.2, 0.25) is 0 Å². The van der Waals surface area contributed by atoms with Crippen LogP contribution in [-0.4, -0.2) is 46.3 Å². The number of hydrogen-bond acceptors (Lipinski definition) is 5. The van der Waals surface area contributed by atoms with Gasteiger partial charge in [0.05, 0.1) is 5.56 Å². The molecule has 0 aliphatic carbocycles. The molecule has 24 heavy (non-hydrogen) atoms. The lowest BCUT2D eigenvalue weighted by Gasteiger charge is -2.35. The van der Waals surface area contributed by atoms with E-state index in [1.165, 1.54) is 6.07 Å². The van der Waals surface area contributed by atoms with E-state index in [-0.39, 0.29) is 5.91 Å². The van der Waals surface area contributed by atoms with Crippen LogP contribution < -0.4 is 4.90 Å². The molecule has 0 spiro atoms. The molecule has 128 valence electrons. The van der Waals surface area contributed by atoms with Crippen molar-refractivity contribution in [2.45, 2.75) is 13.1 Å². The van der Waals surface area contributed by atoms with Gasteiger partial charge < -0.3 is 9.80 Å². The van der Waals surface area contributed by atoms with Gasteiger partial charge in [0, 0.05) is 31.9 Å². The van der Waals surface area contributed by atoms with Gasteiger partial charge in [0.25, 0.3) is 5.91 Å². The minimum atomic E-state index is -4.36. The molecule has 9 heteroatoms. The Hall–Kier alpha value is -2.16. The predicted molar refractivity (Wildman–Crippen MR) is 84.2 cm³/mol. The summed E-state index contributed by atoms with van der Waals surface area (Å²) in [5.74, 6) is 0.384. The van der Waals surface area contributed by atoms with Crippen LogP contribution in [0.1, 0.15) is 21.2 Å². The summed E-state index contributed by atoms with van der Waals surface area (Å²) < 4.78 is 42.4. The van der Waals surface area contributed by atoms with Gasteiger partial charge in [-0.25, -0.2) is 4.98 Å². The average molecular weight is 356 g/mol. The molecule has 1 aromatic heterocycles. The lowest BCUT2D eigenvalue weighted by molar-refractivity contribution is -0.137. The van der Waals surface area contributed by atoms with Crippen LogP contribution in [0.4, 0.5) is 18.9 Å². The number of aryl methyl sites for hydroxylation is 1. The van der Waals surface area contributed by atoms with Crippen LogP contribution in [0.25, 0.3) is 0 Å². The molecule has 2 aromatic rings. The van der Waals surface area contributed by atoms with Gasteiger partial charge in [-0.2, -0.15) is 17.5 Å². The van der Waals surface area contributed by atoms with Crippen molar-refractivity contribution < 1.29 is 18.0 Å². The molecule has 1 aromatic carbocycles. The van der Waals surface area contributed by atoms with Gasteiger partial charge in [-0.1, -0.05) is 6.07 Å². The van der Waals surface area contributed by atoms with E-state index in [1.54, 1.807) is 17.9 Å². The second kappa shape index (κ2) is 6.39. The Morgan fingerprint density at radius 1 is 1.21 bits per heavy atom. The van der Waals surface area contributed by atoms with Crippen molar-refractivity contribution in [3.8, 4) is 0 Å². The normalized spacial score (nSPS) is 15.7. The first-order valence-electron chi connectivity index (χ1n) is 7.36. The SMILES string of the molecule is Cc1nsc(C(=O)N2CCN(c3cccc(C(F)(F)F)c3)CC2)n1. The number of hydrogen-bond donors (Lipinski definition) is 0. The van der Waals surface area contributed by atoms with E-state index >= 15 is 0 Å². The fraction of sp³-hybridized carbons (Fsp3) is 0.400. The van der Waals surface area contributed by atoms with E-state index in [0.717, 1.165) is 23.7 Å². The number of halogens is 3. The number of amides is 1. The van der Waals surface area contributed by atoms with Gasteiger partial charge in [0.1, 0.15) is 5.82 Å². The maximum absolute atomic E-state index is 12.8. The van der Waals surface area contributed by atoms with Crippen LogP contribution >= 0.6 is 11.5 Å². The van der Waals surface area contributed by atoms with Crippen LogP contribution in [0, 0.1) is 6.92 Å². The van der Waals surface area contributed by atoms with Gasteiger partial charge in [-0.15, -0.1) is 0 Å². The van der Waals surface area contributed by atoms with Gasteiger partial charge in [0.2, 0.25) is 5.01 Å². The average Bonchev–Trinajstić information content (AvgIpc) is 3.00. The van der Waals surface area contributed by atoms with Gasteiger partial charge in [0.15, 0.2) is 0 Å². The Morgan fingerprint density at radius 2 is 1.92 bits per heavy atom. The number of carbonyl (C=O) groups excluding carboxylic acids is 1. The number of nitrogens with zero attached hydrogens (tertiary/aromatic N) is 4. The summed E-state index contributed by atoms with van der Waals surface area (Å²) in [4.78, 5) is 19.9. The van der Waals surface area contributed by atoms with E-state index in [0.29, 0.717) is 42.7 Å². The van der Waals surface area contributed by atoms with E-state index < -0.39 is 11.7 Å². The molecule has 0 bridgehead atoms. The highest BCUT2D eigenvalue weighted by Gasteiger charge is 2.31. The van der Waals surface area contributed by atoms with Crippen molar-refractivity contribution in [2.24, 2.45) is 0 Å². The third-order valence-electron chi connectivity index (χ3n) is 3.82. The Bertz CT molecular complexity index is 738. The Balaban J connectivity index is 1.66. The third-order valence-corrected chi connectivity index (χ3v) is 4.61. The van der Waals surface area contributed by atoms with Crippen molar-refractivity contribution in [2.75, 3.05) is 31.1 Å². The molecule has 3 rings (SSSR count). The summed E-state index contributed by atoms with van der Waals surface area (Å²) in [5.41, 5.74) is -0.147. The minimum Gasteiger partial charge on any atom is -0.368 e. The second-order valence-electron chi connectivity index (χ2n) is 5.47. The smallest absolute Gasteiger partial charge is 0.368 e. The molecule has 0 radical (unpaired) electrons. The molecule has 1 fully saturated rings. The zero-order valence-corrected chi connectivity index (χ0v) is 13.7. The molecule has 0 unspecified atom stereocenters. The van der Waals surface area contributed by atoms with Crippen LogP contribution in [0.15, 0.2) is 24.3 Å². The second-order valence-corrected chi connectivity index (χ2v) is 6.23. The van der Waals surface area contributed by atoms with E-state index in [2.05, 4.69) is 9.36 Å². The van der Waals surface area contributed by atoms with Crippen LogP contribution in [-0.2, 0) is 6.18 Å². The fourth-order valence-electron chi connectivity index (χ4n) is 2.57. The third kappa shape index (κ3) is 3.50. The Morgan fingerprint density at radius 3 is 2.50 bits per heavy atom. The maximum Gasteiger partial charge on any atom is 0.416 e. The first kappa shape index (κ1) is 16.7. The quantitative estimate of drug-likeness (QED) is 0.830. The summed E-state index contributed by atoms with van der Waals surface area (Å²) in [6.45, 7) is 3.55. The zero-order valence-electron chi connectivity index (χ0n) is 12.9. The molecule has 2 heterocycles. The Kier molecular flexibility index (Phi) is 4.44. The molecule has 5 nitrogen and oxygen atoms in total. The number of benzene rings is 1. The van der Waals surface area contributed by atoms with Gasteiger partial charge in [-0.05, 0) is 36.7 Å². The number of aromatic nitrogens is 2. The highest BCUT2D eigenvalue weighted by Crippen LogP contribution is 2.31. The summed E-state index contributed by atoms with van der Waals surface area (Å²) in [6, 6.07) is 5.26. The Labute approximate surface area is 140 Å². The highest BCUT2D eigenvalue weighted by molar-refractivity contribution is 7.07. The first-order valence-corrected chi connectivity index (χ1v) is 8.14. The van der Waals surface area contributed by atoms with Crippen LogP contribution in [0.3, 0.4) is 0 Å². The largest absolute Gasteiger partial charge is 0.416 e. The number of piperazine rings is 1. The number of rotatable bonds is 2. The molecule has 1 saturated heterocycles.